The fourth-order valence-corrected chi connectivity index (χ4v) is 2.85. The summed E-state index contributed by atoms with van der Waals surface area (Å²) in [5.74, 6) is 0.988. The molecule has 1 N–H and O–H groups in total. The largest absolute Gasteiger partial charge is 0.494 e. The number of ether oxygens (including phenoxy) is 1. The SMILES string of the molecule is CCCOc1ccc(CC(C)NC2CCCC2)cc1. The molecular formula is C17H27NO. The Hall–Kier alpha value is -1.02. The first-order valence-corrected chi connectivity index (χ1v) is 7.75. The molecule has 2 heteroatoms. The lowest BCUT2D eigenvalue weighted by atomic mass is 10.1. The van der Waals surface area contributed by atoms with Gasteiger partial charge in [0, 0.05) is 12.1 Å². The zero-order valence-corrected chi connectivity index (χ0v) is 12.3. The highest BCUT2D eigenvalue weighted by molar-refractivity contribution is 5.27. The second-order valence-corrected chi connectivity index (χ2v) is 5.75. The topological polar surface area (TPSA) is 21.3 Å². The van der Waals surface area contributed by atoms with Crippen molar-refractivity contribution < 1.29 is 4.74 Å². The minimum absolute atomic E-state index is 0.561. The van der Waals surface area contributed by atoms with Gasteiger partial charge < -0.3 is 10.1 Å². The van der Waals surface area contributed by atoms with Crippen molar-refractivity contribution in [2.45, 2.75) is 64.5 Å². The molecule has 1 aliphatic carbocycles. The van der Waals surface area contributed by atoms with E-state index in [4.69, 9.17) is 4.74 Å². The summed E-state index contributed by atoms with van der Waals surface area (Å²) in [6.45, 7) is 5.23. The van der Waals surface area contributed by atoms with Gasteiger partial charge in [-0.3, -0.25) is 0 Å². The maximum atomic E-state index is 5.61. The van der Waals surface area contributed by atoms with Gasteiger partial charge in [-0.2, -0.15) is 0 Å². The average molecular weight is 261 g/mol. The number of rotatable bonds is 7. The smallest absolute Gasteiger partial charge is 0.119 e. The Bertz CT molecular complexity index is 354. The second-order valence-electron chi connectivity index (χ2n) is 5.75. The van der Waals surface area contributed by atoms with E-state index >= 15 is 0 Å². The van der Waals surface area contributed by atoms with E-state index in [1.54, 1.807) is 0 Å². The Morgan fingerprint density at radius 2 is 1.89 bits per heavy atom. The van der Waals surface area contributed by atoms with Crippen molar-refractivity contribution >= 4 is 0 Å². The fraction of sp³-hybridized carbons (Fsp3) is 0.647. The number of benzene rings is 1. The van der Waals surface area contributed by atoms with Crippen molar-refractivity contribution in [2.24, 2.45) is 0 Å². The molecular weight excluding hydrogens is 234 g/mol. The first-order valence-electron chi connectivity index (χ1n) is 7.75. The van der Waals surface area contributed by atoms with Crippen LogP contribution in [0.1, 0.15) is 51.5 Å². The molecule has 0 heterocycles. The van der Waals surface area contributed by atoms with Crippen LogP contribution in [0.15, 0.2) is 24.3 Å². The van der Waals surface area contributed by atoms with Gasteiger partial charge in [0.1, 0.15) is 5.75 Å². The molecule has 0 amide bonds. The summed E-state index contributed by atoms with van der Waals surface area (Å²) < 4.78 is 5.61. The zero-order valence-electron chi connectivity index (χ0n) is 12.3. The van der Waals surface area contributed by atoms with E-state index in [0.717, 1.165) is 31.2 Å². The summed E-state index contributed by atoms with van der Waals surface area (Å²) >= 11 is 0. The van der Waals surface area contributed by atoms with Gasteiger partial charge in [0.15, 0.2) is 0 Å². The van der Waals surface area contributed by atoms with E-state index in [1.807, 2.05) is 0 Å². The molecule has 0 aromatic heterocycles. The molecule has 106 valence electrons. The van der Waals surface area contributed by atoms with Crippen LogP contribution in [0.4, 0.5) is 0 Å². The van der Waals surface area contributed by atoms with Crippen LogP contribution >= 0.6 is 0 Å². The Balaban J connectivity index is 1.77. The molecule has 1 aromatic carbocycles. The van der Waals surface area contributed by atoms with Crippen LogP contribution in [0.5, 0.6) is 5.75 Å². The van der Waals surface area contributed by atoms with Crippen LogP contribution < -0.4 is 10.1 Å². The highest BCUT2D eigenvalue weighted by atomic mass is 16.5. The maximum Gasteiger partial charge on any atom is 0.119 e. The molecule has 0 saturated heterocycles. The molecule has 1 unspecified atom stereocenters. The molecule has 19 heavy (non-hydrogen) atoms. The van der Waals surface area contributed by atoms with Crippen LogP contribution in [-0.4, -0.2) is 18.7 Å². The summed E-state index contributed by atoms with van der Waals surface area (Å²) in [4.78, 5) is 0. The zero-order chi connectivity index (χ0) is 13.5. The molecule has 1 fully saturated rings. The van der Waals surface area contributed by atoms with Gasteiger partial charge in [0.25, 0.3) is 0 Å². The molecule has 2 nitrogen and oxygen atoms in total. The molecule has 0 spiro atoms. The monoisotopic (exact) mass is 261 g/mol. The predicted molar refractivity (Wildman–Crippen MR) is 80.8 cm³/mol. The molecule has 1 aromatic rings. The van der Waals surface area contributed by atoms with Crippen molar-refractivity contribution in [3.63, 3.8) is 0 Å². The van der Waals surface area contributed by atoms with Crippen molar-refractivity contribution in [3.05, 3.63) is 29.8 Å². The molecule has 1 atom stereocenters. The summed E-state index contributed by atoms with van der Waals surface area (Å²) in [7, 11) is 0. The first kappa shape index (κ1) is 14.4. The quantitative estimate of drug-likeness (QED) is 0.802. The molecule has 0 radical (unpaired) electrons. The predicted octanol–water partition coefficient (Wildman–Crippen LogP) is 3.94. The Labute approximate surface area is 117 Å². The van der Waals surface area contributed by atoms with Gasteiger partial charge in [-0.25, -0.2) is 0 Å². The maximum absolute atomic E-state index is 5.61. The standard InChI is InChI=1S/C17H27NO/c1-3-12-19-17-10-8-15(9-11-17)13-14(2)18-16-6-4-5-7-16/h8-11,14,16,18H,3-7,12-13H2,1-2H3. The lowest BCUT2D eigenvalue weighted by Gasteiger charge is -2.19. The number of hydrogen-bond donors (Lipinski definition) is 1. The van der Waals surface area contributed by atoms with E-state index in [-0.39, 0.29) is 0 Å². The van der Waals surface area contributed by atoms with Gasteiger partial charge in [0.05, 0.1) is 6.61 Å². The van der Waals surface area contributed by atoms with Crippen LogP contribution in [-0.2, 0) is 6.42 Å². The molecule has 2 rings (SSSR count). The molecule has 0 aliphatic heterocycles. The van der Waals surface area contributed by atoms with E-state index in [2.05, 4.69) is 43.4 Å². The van der Waals surface area contributed by atoms with Crippen molar-refractivity contribution in [2.75, 3.05) is 6.61 Å². The van der Waals surface area contributed by atoms with Gasteiger partial charge in [-0.05, 0) is 50.3 Å². The van der Waals surface area contributed by atoms with Crippen LogP contribution in [0.2, 0.25) is 0 Å². The van der Waals surface area contributed by atoms with Crippen molar-refractivity contribution in [1.82, 2.24) is 5.32 Å². The Kier molecular flexibility index (Phi) is 5.71. The van der Waals surface area contributed by atoms with E-state index in [1.165, 1.54) is 31.2 Å². The van der Waals surface area contributed by atoms with Gasteiger partial charge in [0.2, 0.25) is 0 Å². The third-order valence-electron chi connectivity index (χ3n) is 3.81. The van der Waals surface area contributed by atoms with E-state index in [9.17, 15) is 0 Å². The van der Waals surface area contributed by atoms with Gasteiger partial charge >= 0.3 is 0 Å². The first-order chi connectivity index (χ1) is 9.28. The van der Waals surface area contributed by atoms with Gasteiger partial charge in [-0.15, -0.1) is 0 Å². The van der Waals surface area contributed by atoms with E-state index in [0.29, 0.717) is 6.04 Å². The summed E-state index contributed by atoms with van der Waals surface area (Å²) in [5.41, 5.74) is 1.39. The fourth-order valence-electron chi connectivity index (χ4n) is 2.85. The summed E-state index contributed by atoms with van der Waals surface area (Å²) in [6.07, 6.45) is 7.67. The third kappa shape index (κ3) is 4.87. The van der Waals surface area contributed by atoms with Crippen LogP contribution in [0.3, 0.4) is 0 Å². The van der Waals surface area contributed by atoms with Crippen LogP contribution in [0.25, 0.3) is 0 Å². The minimum atomic E-state index is 0.561. The number of nitrogens with one attached hydrogen (secondary N) is 1. The minimum Gasteiger partial charge on any atom is -0.494 e. The average Bonchev–Trinajstić information content (AvgIpc) is 2.90. The molecule has 0 bridgehead atoms. The normalized spacial score (nSPS) is 17.6. The summed E-state index contributed by atoms with van der Waals surface area (Å²) in [6, 6.07) is 9.88. The highest BCUT2D eigenvalue weighted by Gasteiger charge is 2.16. The third-order valence-corrected chi connectivity index (χ3v) is 3.81. The van der Waals surface area contributed by atoms with Crippen molar-refractivity contribution in [3.8, 4) is 5.75 Å². The highest BCUT2D eigenvalue weighted by Crippen LogP contribution is 2.19. The molecule has 1 saturated carbocycles. The lowest BCUT2D eigenvalue weighted by Crippen LogP contribution is -2.35. The molecule has 1 aliphatic rings. The second kappa shape index (κ2) is 7.54. The Morgan fingerprint density at radius 1 is 1.21 bits per heavy atom. The lowest BCUT2D eigenvalue weighted by molar-refractivity contribution is 0.317. The van der Waals surface area contributed by atoms with Crippen molar-refractivity contribution in [1.29, 1.82) is 0 Å². The Morgan fingerprint density at radius 3 is 2.53 bits per heavy atom. The summed E-state index contributed by atoms with van der Waals surface area (Å²) in [5, 5.41) is 3.74. The van der Waals surface area contributed by atoms with E-state index < -0.39 is 0 Å². The van der Waals surface area contributed by atoms with Crippen LogP contribution in [0, 0.1) is 0 Å². The van der Waals surface area contributed by atoms with Gasteiger partial charge in [-0.1, -0.05) is 31.9 Å². The number of hydrogen-bond acceptors (Lipinski definition) is 2.